The predicted octanol–water partition coefficient (Wildman–Crippen LogP) is 1.23. The van der Waals surface area contributed by atoms with Crippen LogP contribution in [0.3, 0.4) is 0 Å². The van der Waals surface area contributed by atoms with Gasteiger partial charge in [-0.1, -0.05) is 24.3 Å². The van der Waals surface area contributed by atoms with Gasteiger partial charge in [-0.15, -0.1) is 0 Å². The number of hydrogen-bond donors (Lipinski definition) is 1. The Bertz CT molecular complexity index is 389. The van der Waals surface area contributed by atoms with E-state index < -0.39 is 0 Å². The summed E-state index contributed by atoms with van der Waals surface area (Å²) in [5, 5.41) is 0. The number of nitrogens with zero attached hydrogens (tertiary/aromatic N) is 1. The van der Waals surface area contributed by atoms with E-state index in [-0.39, 0.29) is 18.0 Å². The molecule has 1 saturated heterocycles. The van der Waals surface area contributed by atoms with Gasteiger partial charge in [0.25, 0.3) is 0 Å². The first-order chi connectivity index (χ1) is 7.11. The molecule has 2 N–H and O–H groups in total. The molecule has 1 aliphatic rings. The van der Waals surface area contributed by atoms with E-state index in [0.717, 1.165) is 0 Å². The zero-order valence-electron chi connectivity index (χ0n) is 9.10. The van der Waals surface area contributed by atoms with Crippen molar-refractivity contribution in [3.8, 4) is 0 Å². The van der Waals surface area contributed by atoms with Crippen LogP contribution in [-0.2, 0) is 4.79 Å². The molecule has 0 saturated carbocycles. The van der Waals surface area contributed by atoms with Crippen molar-refractivity contribution in [1.82, 2.24) is 4.90 Å². The van der Waals surface area contributed by atoms with Crippen molar-refractivity contribution in [2.75, 3.05) is 6.54 Å². The van der Waals surface area contributed by atoms with Crippen molar-refractivity contribution in [2.24, 2.45) is 5.73 Å². The molecule has 2 atom stereocenters. The summed E-state index contributed by atoms with van der Waals surface area (Å²) in [5.74, 6) is 0.0609. The molecule has 2 rings (SSSR count). The van der Waals surface area contributed by atoms with E-state index in [2.05, 4.69) is 19.1 Å². The zero-order chi connectivity index (χ0) is 11.0. The molecule has 3 heteroatoms. The van der Waals surface area contributed by atoms with Crippen molar-refractivity contribution in [2.45, 2.75) is 25.9 Å². The molecule has 1 fully saturated rings. The highest BCUT2D eigenvalue weighted by molar-refractivity contribution is 5.88. The molecule has 0 aliphatic carbocycles. The summed E-state index contributed by atoms with van der Waals surface area (Å²) < 4.78 is 0. The molecule has 2 unspecified atom stereocenters. The largest absolute Gasteiger partial charge is 0.332 e. The molecule has 0 radical (unpaired) electrons. The van der Waals surface area contributed by atoms with Crippen LogP contribution in [0.25, 0.3) is 0 Å². The van der Waals surface area contributed by atoms with Crippen LogP contribution >= 0.6 is 0 Å². The van der Waals surface area contributed by atoms with Crippen molar-refractivity contribution < 1.29 is 4.79 Å². The molecule has 0 bridgehead atoms. The molecule has 1 heterocycles. The maximum atomic E-state index is 11.5. The Balaban J connectivity index is 2.19. The Morgan fingerprint density at radius 3 is 2.67 bits per heavy atom. The Labute approximate surface area is 89.9 Å². The predicted molar refractivity (Wildman–Crippen MR) is 59.3 cm³/mol. The number of aryl methyl sites for hydroxylation is 1. The fraction of sp³-hybridized carbons (Fsp3) is 0.417. The SMILES string of the molecule is Cc1ccccc1C(C)N1CC(N)C1=O. The summed E-state index contributed by atoms with van der Waals surface area (Å²) in [7, 11) is 0. The number of hydrogen-bond acceptors (Lipinski definition) is 2. The minimum Gasteiger partial charge on any atom is -0.332 e. The zero-order valence-corrected chi connectivity index (χ0v) is 9.10. The minimum atomic E-state index is -0.281. The Hall–Kier alpha value is -1.35. The van der Waals surface area contributed by atoms with Gasteiger partial charge in [0.15, 0.2) is 0 Å². The summed E-state index contributed by atoms with van der Waals surface area (Å²) in [6.07, 6.45) is 0. The van der Waals surface area contributed by atoms with Crippen LogP contribution in [0.1, 0.15) is 24.1 Å². The number of carbonyl (C=O) groups excluding carboxylic acids is 1. The number of β-lactam (4-membered cyclic amide) rings is 1. The summed E-state index contributed by atoms with van der Waals surface area (Å²) in [5.41, 5.74) is 8.00. The molecule has 80 valence electrons. The Morgan fingerprint density at radius 2 is 2.13 bits per heavy atom. The van der Waals surface area contributed by atoms with Gasteiger partial charge < -0.3 is 10.6 Å². The number of nitrogens with two attached hydrogens (primary N) is 1. The number of amides is 1. The quantitative estimate of drug-likeness (QED) is 0.736. The molecule has 0 aromatic heterocycles. The fourth-order valence-electron chi connectivity index (χ4n) is 2.05. The van der Waals surface area contributed by atoms with Crippen LogP contribution in [0.4, 0.5) is 0 Å². The van der Waals surface area contributed by atoms with Crippen LogP contribution in [0.5, 0.6) is 0 Å². The smallest absolute Gasteiger partial charge is 0.241 e. The topological polar surface area (TPSA) is 46.3 Å². The first kappa shape index (κ1) is 10.2. The number of rotatable bonds is 2. The van der Waals surface area contributed by atoms with E-state index in [1.54, 1.807) is 0 Å². The first-order valence-electron chi connectivity index (χ1n) is 5.23. The van der Waals surface area contributed by atoms with Crippen LogP contribution in [0, 0.1) is 6.92 Å². The normalized spacial score (nSPS) is 22.5. The van der Waals surface area contributed by atoms with Gasteiger partial charge in [-0.3, -0.25) is 4.79 Å². The van der Waals surface area contributed by atoms with Crippen molar-refractivity contribution >= 4 is 5.91 Å². The molecule has 0 spiro atoms. The Morgan fingerprint density at radius 1 is 1.47 bits per heavy atom. The Kier molecular flexibility index (Phi) is 2.49. The third kappa shape index (κ3) is 1.63. The molecular weight excluding hydrogens is 188 g/mol. The maximum Gasteiger partial charge on any atom is 0.241 e. The van der Waals surface area contributed by atoms with Gasteiger partial charge in [0.1, 0.15) is 6.04 Å². The average molecular weight is 204 g/mol. The fourth-order valence-corrected chi connectivity index (χ4v) is 2.05. The third-order valence-corrected chi connectivity index (χ3v) is 3.10. The summed E-state index contributed by atoms with van der Waals surface area (Å²) >= 11 is 0. The van der Waals surface area contributed by atoms with Crippen LogP contribution in [-0.4, -0.2) is 23.4 Å². The van der Waals surface area contributed by atoms with Crippen LogP contribution in [0.2, 0.25) is 0 Å². The minimum absolute atomic E-state index is 0.0609. The lowest BCUT2D eigenvalue weighted by Gasteiger charge is -2.41. The lowest BCUT2D eigenvalue weighted by molar-refractivity contribution is -0.145. The standard InChI is InChI=1S/C12H16N2O/c1-8-5-3-4-6-10(8)9(2)14-7-11(13)12(14)15/h3-6,9,11H,7,13H2,1-2H3. The van der Waals surface area contributed by atoms with Crippen LogP contribution < -0.4 is 5.73 Å². The van der Waals surface area contributed by atoms with Gasteiger partial charge in [-0.25, -0.2) is 0 Å². The molecule has 1 aromatic rings. The lowest BCUT2D eigenvalue weighted by atomic mass is 9.97. The lowest BCUT2D eigenvalue weighted by Crippen LogP contribution is -2.61. The highest BCUT2D eigenvalue weighted by atomic mass is 16.2. The van der Waals surface area contributed by atoms with Gasteiger partial charge in [0.2, 0.25) is 5.91 Å². The second kappa shape index (κ2) is 3.66. The van der Waals surface area contributed by atoms with Crippen LogP contribution in [0.15, 0.2) is 24.3 Å². The van der Waals surface area contributed by atoms with Crippen molar-refractivity contribution in [1.29, 1.82) is 0 Å². The number of likely N-dealkylation sites (tertiary alicyclic amines) is 1. The second-order valence-corrected chi connectivity index (χ2v) is 4.13. The molecule has 3 nitrogen and oxygen atoms in total. The highest BCUT2D eigenvalue weighted by Gasteiger charge is 2.37. The van der Waals surface area contributed by atoms with E-state index in [4.69, 9.17) is 5.73 Å². The third-order valence-electron chi connectivity index (χ3n) is 3.10. The molecule has 1 aliphatic heterocycles. The van der Waals surface area contributed by atoms with Gasteiger partial charge in [-0.05, 0) is 25.0 Å². The first-order valence-corrected chi connectivity index (χ1v) is 5.23. The highest BCUT2D eigenvalue weighted by Crippen LogP contribution is 2.27. The monoisotopic (exact) mass is 204 g/mol. The van der Waals surface area contributed by atoms with Crippen molar-refractivity contribution in [3.63, 3.8) is 0 Å². The van der Waals surface area contributed by atoms with Gasteiger partial charge in [0, 0.05) is 6.54 Å². The second-order valence-electron chi connectivity index (χ2n) is 4.13. The van der Waals surface area contributed by atoms with Gasteiger partial charge >= 0.3 is 0 Å². The summed E-state index contributed by atoms with van der Waals surface area (Å²) in [6, 6.07) is 8.00. The number of benzene rings is 1. The summed E-state index contributed by atoms with van der Waals surface area (Å²) in [6.45, 7) is 4.79. The van der Waals surface area contributed by atoms with E-state index in [1.165, 1.54) is 11.1 Å². The summed E-state index contributed by atoms with van der Waals surface area (Å²) in [4.78, 5) is 13.3. The van der Waals surface area contributed by atoms with E-state index in [9.17, 15) is 4.79 Å². The molecule has 15 heavy (non-hydrogen) atoms. The van der Waals surface area contributed by atoms with E-state index in [0.29, 0.717) is 6.54 Å². The maximum absolute atomic E-state index is 11.5. The average Bonchev–Trinajstić information content (AvgIpc) is 2.25. The molecular formula is C12H16N2O. The molecule has 1 aromatic carbocycles. The van der Waals surface area contributed by atoms with E-state index in [1.807, 2.05) is 24.0 Å². The van der Waals surface area contributed by atoms with Crippen molar-refractivity contribution in [3.05, 3.63) is 35.4 Å². The van der Waals surface area contributed by atoms with E-state index >= 15 is 0 Å². The molecule has 1 amide bonds. The van der Waals surface area contributed by atoms with Gasteiger partial charge in [0.05, 0.1) is 6.04 Å². The number of carbonyl (C=O) groups is 1. The van der Waals surface area contributed by atoms with Gasteiger partial charge in [-0.2, -0.15) is 0 Å².